The average Bonchev–Trinajstić information content (AvgIpc) is 3.47. The molecule has 1 aromatic carbocycles. The first kappa shape index (κ1) is 26.9. The van der Waals surface area contributed by atoms with Crippen molar-refractivity contribution in [1.82, 2.24) is 24.8 Å². The van der Waals surface area contributed by atoms with Gasteiger partial charge in [0.15, 0.2) is 5.82 Å². The van der Waals surface area contributed by atoms with E-state index in [4.69, 9.17) is 9.97 Å². The van der Waals surface area contributed by atoms with Gasteiger partial charge in [0.1, 0.15) is 5.52 Å². The summed E-state index contributed by atoms with van der Waals surface area (Å²) in [6, 6.07) is 10.2. The Kier molecular flexibility index (Phi) is 6.81. The first-order chi connectivity index (χ1) is 19.9. The van der Waals surface area contributed by atoms with Crippen LogP contribution >= 0.6 is 0 Å². The zero-order valence-electron chi connectivity index (χ0n) is 25.1. The van der Waals surface area contributed by atoms with E-state index in [2.05, 4.69) is 77.0 Å². The van der Waals surface area contributed by atoms with Crippen molar-refractivity contribution >= 4 is 28.4 Å². The van der Waals surface area contributed by atoms with E-state index in [0.29, 0.717) is 11.9 Å². The first-order valence-electron chi connectivity index (χ1n) is 15.9. The minimum absolute atomic E-state index is 0.246. The maximum Gasteiger partial charge on any atom is 0.238 e. The van der Waals surface area contributed by atoms with Crippen LogP contribution in [0.15, 0.2) is 30.6 Å². The van der Waals surface area contributed by atoms with Gasteiger partial charge in [0.2, 0.25) is 5.91 Å². The van der Waals surface area contributed by atoms with Gasteiger partial charge in [-0.2, -0.15) is 0 Å². The third kappa shape index (κ3) is 4.45. The molecule has 2 saturated heterocycles. The Bertz CT molecular complexity index is 1440. The predicted octanol–water partition coefficient (Wildman–Crippen LogP) is 5.48. The molecule has 2 N–H and O–H groups in total. The van der Waals surface area contributed by atoms with Crippen LogP contribution in [-0.2, 0) is 10.2 Å². The summed E-state index contributed by atoms with van der Waals surface area (Å²) in [5, 5.41) is 7.07. The third-order valence-electron chi connectivity index (χ3n) is 10.0. The molecule has 41 heavy (non-hydrogen) atoms. The molecule has 8 nitrogen and oxygen atoms in total. The van der Waals surface area contributed by atoms with Crippen LogP contribution in [0.5, 0.6) is 0 Å². The van der Waals surface area contributed by atoms with Gasteiger partial charge in [-0.3, -0.25) is 4.79 Å². The summed E-state index contributed by atoms with van der Waals surface area (Å²) in [5.41, 5.74) is 5.88. The van der Waals surface area contributed by atoms with Gasteiger partial charge in [-0.05, 0) is 110 Å². The van der Waals surface area contributed by atoms with E-state index in [1.165, 1.54) is 37.9 Å². The van der Waals surface area contributed by atoms with E-state index < -0.39 is 5.41 Å². The Balaban J connectivity index is 1.28. The second-order valence-corrected chi connectivity index (χ2v) is 13.4. The number of hydrogen-bond donors (Lipinski definition) is 2. The SMILES string of the molecule is CC(C)Nc1nc(-c2ccc3c(c2)N(C2CC(N4CCCCC4)C2)C(=O)C32CCNCC2)cc2ncn(C(C)C)c12. The van der Waals surface area contributed by atoms with Gasteiger partial charge in [0, 0.05) is 35.4 Å². The molecule has 0 radical (unpaired) electrons. The van der Waals surface area contributed by atoms with Crippen LogP contribution in [0, 0.1) is 0 Å². The molecule has 0 bridgehead atoms. The lowest BCUT2D eigenvalue weighted by molar-refractivity contribution is -0.125. The summed E-state index contributed by atoms with van der Waals surface area (Å²) >= 11 is 0. The molecule has 7 rings (SSSR count). The molecule has 218 valence electrons. The Morgan fingerprint density at radius 2 is 1.76 bits per heavy atom. The molecule has 0 unspecified atom stereocenters. The fourth-order valence-electron chi connectivity index (χ4n) is 7.77. The topological polar surface area (TPSA) is 78.3 Å². The molecule has 1 spiro atoms. The van der Waals surface area contributed by atoms with Crippen molar-refractivity contribution in [2.24, 2.45) is 0 Å². The standard InChI is InChI=1S/C33H45N7O/c1-21(2)36-31-30-28(35-20-39(30)22(3)4)19-27(37-31)23-8-9-26-29(16-23)40(32(41)33(26)10-12-34-13-11-33)25-17-24(18-25)38-14-6-5-7-15-38/h8-9,16,19-22,24-25,34H,5-7,10-15,17-18H2,1-4H3,(H,36,37). The molecule has 3 aromatic rings. The van der Waals surface area contributed by atoms with Gasteiger partial charge in [-0.1, -0.05) is 18.6 Å². The van der Waals surface area contributed by atoms with Gasteiger partial charge in [0.05, 0.1) is 23.0 Å². The summed E-state index contributed by atoms with van der Waals surface area (Å²) in [7, 11) is 0. The number of imidazole rings is 1. The van der Waals surface area contributed by atoms with Crippen molar-refractivity contribution in [2.75, 3.05) is 36.4 Å². The number of fused-ring (bicyclic) bond motifs is 3. The molecule has 3 aliphatic heterocycles. The maximum absolute atomic E-state index is 14.4. The Morgan fingerprint density at radius 3 is 2.46 bits per heavy atom. The summed E-state index contributed by atoms with van der Waals surface area (Å²) < 4.78 is 2.19. The smallest absolute Gasteiger partial charge is 0.238 e. The number of nitrogens with zero attached hydrogens (tertiary/aromatic N) is 5. The number of aromatic nitrogens is 3. The molecular weight excluding hydrogens is 510 g/mol. The van der Waals surface area contributed by atoms with Crippen molar-refractivity contribution in [1.29, 1.82) is 0 Å². The quantitative estimate of drug-likeness (QED) is 0.419. The predicted molar refractivity (Wildman–Crippen MR) is 166 cm³/mol. The van der Waals surface area contributed by atoms with Crippen LogP contribution in [0.2, 0.25) is 0 Å². The number of amides is 1. The number of benzene rings is 1. The fourth-order valence-corrected chi connectivity index (χ4v) is 7.77. The van der Waals surface area contributed by atoms with Crippen LogP contribution in [0.3, 0.4) is 0 Å². The lowest BCUT2D eigenvalue weighted by atomic mass is 9.74. The van der Waals surface area contributed by atoms with Crippen molar-refractivity contribution in [3.8, 4) is 11.3 Å². The largest absolute Gasteiger partial charge is 0.366 e. The molecule has 2 aromatic heterocycles. The number of hydrogen-bond acceptors (Lipinski definition) is 6. The van der Waals surface area contributed by atoms with Crippen LogP contribution in [0.1, 0.15) is 84.2 Å². The number of nitrogens with one attached hydrogen (secondary N) is 2. The second kappa shape index (κ2) is 10.4. The van der Waals surface area contributed by atoms with E-state index >= 15 is 0 Å². The summed E-state index contributed by atoms with van der Waals surface area (Å²) in [5.74, 6) is 1.19. The number of anilines is 2. The minimum Gasteiger partial charge on any atom is -0.366 e. The van der Waals surface area contributed by atoms with Crippen LogP contribution in [-0.4, -0.2) is 69.6 Å². The van der Waals surface area contributed by atoms with E-state index in [-0.39, 0.29) is 18.1 Å². The fraction of sp³-hybridized carbons (Fsp3) is 0.606. The molecule has 5 heterocycles. The Morgan fingerprint density at radius 1 is 1.00 bits per heavy atom. The van der Waals surface area contributed by atoms with Gasteiger partial charge in [-0.25, -0.2) is 9.97 Å². The molecule has 1 aliphatic carbocycles. The number of rotatable bonds is 6. The zero-order valence-corrected chi connectivity index (χ0v) is 25.1. The maximum atomic E-state index is 14.4. The molecule has 8 heteroatoms. The third-order valence-corrected chi connectivity index (χ3v) is 10.0. The molecule has 1 saturated carbocycles. The van der Waals surface area contributed by atoms with Crippen LogP contribution in [0.25, 0.3) is 22.3 Å². The number of carbonyl (C=O) groups excluding carboxylic acids is 1. The number of piperidine rings is 2. The van der Waals surface area contributed by atoms with Gasteiger partial charge in [-0.15, -0.1) is 0 Å². The number of pyridine rings is 1. The van der Waals surface area contributed by atoms with Crippen molar-refractivity contribution < 1.29 is 4.79 Å². The summed E-state index contributed by atoms with van der Waals surface area (Å²) in [6.45, 7) is 12.9. The van der Waals surface area contributed by atoms with Crippen LogP contribution in [0.4, 0.5) is 11.5 Å². The van der Waals surface area contributed by atoms with E-state index in [1.807, 2.05) is 6.33 Å². The number of carbonyl (C=O) groups is 1. The molecular formula is C33H45N7O. The summed E-state index contributed by atoms with van der Waals surface area (Å²) in [6.07, 6.45) is 9.82. The summed E-state index contributed by atoms with van der Waals surface area (Å²) in [4.78, 5) is 29.2. The van der Waals surface area contributed by atoms with Gasteiger partial charge >= 0.3 is 0 Å². The first-order valence-corrected chi connectivity index (χ1v) is 15.9. The highest BCUT2D eigenvalue weighted by Gasteiger charge is 2.54. The highest BCUT2D eigenvalue weighted by atomic mass is 16.2. The van der Waals surface area contributed by atoms with E-state index in [1.54, 1.807) is 0 Å². The second-order valence-electron chi connectivity index (χ2n) is 13.4. The van der Waals surface area contributed by atoms with E-state index in [0.717, 1.165) is 72.6 Å². The lowest BCUT2D eigenvalue weighted by Crippen LogP contribution is -2.58. The minimum atomic E-state index is -0.396. The molecule has 4 aliphatic rings. The van der Waals surface area contributed by atoms with Crippen molar-refractivity contribution in [3.63, 3.8) is 0 Å². The Hall–Kier alpha value is -2.97. The highest BCUT2D eigenvalue weighted by Crippen LogP contribution is 2.51. The van der Waals surface area contributed by atoms with Crippen molar-refractivity contribution in [2.45, 2.75) is 102 Å². The molecule has 1 amide bonds. The van der Waals surface area contributed by atoms with Crippen molar-refractivity contribution in [3.05, 3.63) is 36.2 Å². The highest BCUT2D eigenvalue weighted by molar-refractivity contribution is 6.09. The van der Waals surface area contributed by atoms with Crippen LogP contribution < -0.4 is 15.5 Å². The molecule has 3 fully saturated rings. The number of likely N-dealkylation sites (tertiary alicyclic amines) is 1. The monoisotopic (exact) mass is 555 g/mol. The normalized spacial score (nSPS) is 24.4. The van der Waals surface area contributed by atoms with Gasteiger partial charge < -0.3 is 25.0 Å². The molecule has 0 atom stereocenters. The lowest BCUT2D eigenvalue weighted by Gasteiger charge is -2.48. The van der Waals surface area contributed by atoms with Gasteiger partial charge in [0.25, 0.3) is 0 Å². The zero-order chi connectivity index (χ0) is 28.3. The van der Waals surface area contributed by atoms with E-state index in [9.17, 15) is 4.79 Å². The Labute approximate surface area is 243 Å². The average molecular weight is 556 g/mol.